The molecule has 1 unspecified atom stereocenters. The van der Waals surface area contributed by atoms with Crippen molar-refractivity contribution >= 4 is 17.1 Å². The fourth-order valence-electron chi connectivity index (χ4n) is 11.9. The maximum atomic E-state index is 6.09. The van der Waals surface area contributed by atoms with Gasteiger partial charge in [0.25, 0.3) is 0 Å². The van der Waals surface area contributed by atoms with Gasteiger partial charge in [-0.3, -0.25) is 15.0 Å². The van der Waals surface area contributed by atoms with Gasteiger partial charge >= 0.3 is 16.8 Å². The minimum absolute atomic E-state index is 0. The molecule has 52 heavy (non-hydrogen) atoms. The average Bonchev–Trinajstić information content (AvgIpc) is 3.68. The molecule has 0 saturated carbocycles. The smallest absolute Gasteiger partial charge is 0.680 e. The van der Waals surface area contributed by atoms with Gasteiger partial charge in [0.15, 0.2) is 0 Å². The van der Waals surface area contributed by atoms with E-state index in [-0.39, 0.29) is 62.9 Å². The third-order valence-electron chi connectivity index (χ3n) is 15.4. The van der Waals surface area contributed by atoms with Crippen molar-refractivity contribution < 1.29 is 22.3 Å². The number of fused-ring (bicyclic) bond motifs is 6. The molecule has 5 aliphatic rings. The molecule has 0 aliphatic carbocycles. The van der Waals surface area contributed by atoms with Crippen LogP contribution in [0, 0.1) is 52.8 Å². The van der Waals surface area contributed by atoms with Gasteiger partial charge in [-0.2, -0.15) is 5.70 Å². The quantitative estimate of drug-likeness (QED) is 0.188. The van der Waals surface area contributed by atoms with Gasteiger partial charge in [0, 0.05) is 62.7 Å². The molecule has 0 aromatic carbocycles. The van der Waals surface area contributed by atoms with E-state index in [1.807, 2.05) is 0 Å². The normalized spacial score (nSPS) is 41.2. The maximum absolute atomic E-state index is 6.09. The van der Waals surface area contributed by atoms with Crippen molar-refractivity contribution in [2.75, 3.05) is 0 Å². The zero-order valence-corrected chi connectivity index (χ0v) is 37.4. The second-order valence-electron chi connectivity index (χ2n) is 18.2. The number of allylic oxidation sites excluding steroid dienone is 6. The van der Waals surface area contributed by atoms with Crippen LogP contribution in [0.3, 0.4) is 0 Å². The molecule has 5 rings (SSSR count). The molecule has 5 nitrogen and oxygen atoms in total. The Hall–Kier alpha value is -1.50. The van der Waals surface area contributed by atoms with Gasteiger partial charge in [-0.05, 0) is 80.4 Å². The number of hydrogen-bond acceptors (Lipinski definition) is 3. The molecule has 297 valence electrons. The van der Waals surface area contributed by atoms with Crippen molar-refractivity contribution in [3.63, 3.8) is 0 Å². The monoisotopic (exact) mass is 762 g/mol. The van der Waals surface area contributed by atoms with E-state index in [1.54, 1.807) is 0 Å². The van der Waals surface area contributed by atoms with E-state index in [1.165, 1.54) is 45.4 Å². The summed E-state index contributed by atoms with van der Waals surface area (Å²) in [5.74, 6) is 1.57. The van der Waals surface area contributed by atoms with Gasteiger partial charge in [0.2, 0.25) is 0 Å². The Bertz CT molecular complexity index is 1500. The van der Waals surface area contributed by atoms with Crippen LogP contribution in [0.25, 0.3) is 5.32 Å². The van der Waals surface area contributed by atoms with Crippen LogP contribution in [0.15, 0.2) is 49.3 Å². The van der Waals surface area contributed by atoms with Crippen LogP contribution in [0.1, 0.15) is 174 Å². The fourth-order valence-corrected chi connectivity index (χ4v) is 11.9. The Kier molecular flexibility index (Phi) is 15.0. The summed E-state index contributed by atoms with van der Waals surface area (Å²) in [7, 11) is 0. The van der Waals surface area contributed by atoms with Crippen LogP contribution in [0.5, 0.6) is 0 Å². The van der Waals surface area contributed by atoms with Crippen LogP contribution in [0.2, 0.25) is 0 Å². The maximum Gasteiger partial charge on any atom is 2.00 e. The van der Waals surface area contributed by atoms with Gasteiger partial charge in [0.1, 0.15) is 0 Å². The number of hydrogen-bond donors (Lipinski definition) is 0. The Balaban J connectivity index is 0.00000312. The minimum atomic E-state index is -0.309. The summed E-state index contributed by atoms with van der Waals surface area (Å²) in [5.41, 5.74) is 10.0. The van der Waals surface area contributed by atoms with E-state index < -0.39 is 0 Å². The van der Waals surface area contributed by atoms with Crippen molar-refractivity contribution in [1.29, 1.82) is 0 Å². The summed E-state index contributed by atoms with van der Waals surface area (Å²) in [6, 6.07) is 0.131. The molecule has 5 heterocycles. The molecule has 0 spiro atoms. The fraction of sp³-hybridized carbons (Fsp3) is 0.783. The Morgan fingerprint density at radius 3 is 1.79 bits per heavy atom. The summed E-state index contributed by atoms with van der Waals surface area (Å²) >= 11 is 0. The van der Waals surface area contributed by atoms with Crippen LogP contribution in [-0.4, -0.2) is 34.2 Å². The molecule has 8 bridgehead atoms. The predicted molar refractivity (Wildman–Crippen MR) is 224 cm³/mol. The third-order valence-corrected chi connectivity index (χ3v) is 15.4. The average molecular weight is 762 g/mol. The van der Waals surface area contributed by atoms with Crippen LogP contribution in [0.4, 0.5) is 0 Å². The summed E-state index contributed by atoms with van der Waals surface area (Å²) in [5, 5.41) is 6.09. The first-order valence-corrected chi connectivity index (χ1v) is 20.7. The largest absolute Gasteiger partial charge is 2.00 e. The Labute approximate surface area is 331 Å². The first-order chi connectivity index (χ1) is 23.1. The molecular formula is C46H78CoN4O. The molecule has 1 fully saturated rings. The van der Waals surface area contributed by atoms with Crippen molar-refractivity contribution in [3.05, 3.63) is 47.1 Å². The number of rotatable bonds is 11. The van der Waals surface area contributed by atoms with E-state index in [9.17, 15) is 0 Å². The van der Waals surface area contributed by atoms with E-state index in [0.717, 1.165) is 70.6 Å². The summed E-state index contributed by atoms with van der Waals surface area (Å²) in [6.07, 6.45) is 14.9. The molecule has 9 atom stereocenters. The summed E-state index contributed by atoms with van der Waals surface area (Å²) < 4.78 is 0. The van der Waals surface area contributed by atoms with E-state index >= 15 is 0 Å². The molecule has 6 heteroatoms. The SMILES string of the molecule is CCC[C@@H]1/C2=C(\C)C3=NC([C@H](CC)[C@@]3(C)CCC)[C@]3(C)[N-]\C(=C(C)/C4=N\C(=C/C(=N2)C1(C)C)[C@@H](CCC)[C@]4(C)CC)[C@@H](CCC)[C@]3(C)CC.O.[CH3-].[Co+2]. The van der Waals surface area contributed by atoms with Crippen LogP contribution >= 0.6 is 0 Å². The molecule has 2 N–H and O–H groups in total. The topological polar surface area (TPSA) is 82.7 Å². The van der Waals surface area contributed by atoms with Crippen molar-refractivity contribution in [1.82, 2.24) is 0 Å². The predicted octanol–water partition coefficient (Wildman–Crippen LogP) is 12.9. The van der Waals surface area contributed by atoms with Crippen molar-refractivity contribution in [2.24, 2.45) is 60.3 Å². The zero-order chi connectivity index (χ0) is 36.3. The number of nitrogens with zero attached hydrogens (tertiary/aromatic N) is 4. The second kappa shape index (κ2) is 16.7. The number of aliphatic imine (C=N–C) groups is 3. The molecule has 1 saturated heterocycles. The van der Waals surface area contributed by atoms with Gasteiger partial charge in [-0.25, -0.2) is 0 Å². The molecule has 0 aromatic heterocycles. The summed E-state index contributed by atoms with van der Waals surface area (Å²) in [6.45, 7) is 36.5. The van der Waals surface area contributed by atoms with Gasteiger partial charge in [-0.15, -0.1) is 0 Å². The van der Waals surface area contributed by atoms with Crippen molar-refractivity contribution in [2.45, 2.75) is 186 Å². The Morgan fingerprint density at radius 1 is 0.692 bits per heavy atom. The van der Waals surface area contributed by atoms with Crippen LogP contribution in [-0.2, 0) is 16.8 Å². The molecular weight excluding hydrogens is 683 g/mol. The molecule has 0 aromatic rings. The zero-order valence-electron chi connectivity index (χ0n) is 36.4. The Morgan fingerprint density at radius 2 is 1.27 bits per heavy atom. The third kappa shape index (κ3) is 6.52. The van der Waals surface area contributed by atoms with E-state index in [4.69, 9.17) is 20.3 Å². The summed E-state index contributed by atoms with van der Waals surface area (Å²) in [4.78, 5) is 17.5. The van der Waals surface area contributed by atoms with Gasteiger partial charge in [-0.1, -0.05) is 134 Å². The first-order valence-electron chi connectivity index (χ1n) is 20.7. The van der Waals surface area contributed by atoms with Crippen molar-refractivity contribution in [3.8, 4) is 0 Å². The van der Waals surface area contributed by atoms with Crippen LogP contribution < -0.4 is 0 Å². The standard InChI is InChI=1S/C45H73N4.CH3.Co.H2O/c1-16-23-31-34-27-35-41(10,11)32(24-17-2)36(47-35)28(8)39-43(13,26-19-4)30(20-5)40(48-39)45(15)44(14,22-7)33(25-18-3)37(49-45)29(9)38(46-34)42(31,12)21-6;;;/h27,30-33,40H,16-26H2,1-15H3;1H3;;1H2/q2*-1;+2;/b34-27-,36-28-,37-29-;;;/t30-,31+,32+,33+,40?,42-,43+,44-,45-;;;/m0.../s1. The minimum Gasteiger partial charge on any atom is -0.680 e. The van der Waals surface area contributed by atoms with E-state index in [2.05, 4.69) is 110 Å². The van der Waals surface area contributed by atoms with Gasteiger partial charge in [0.05, 0.1) is 0 Å². The van der Waals surface area contributed by atoms with E-state index in [0.29, 0.717) is 23.7 Å². The second-order valence-corrected chi connectivity index (χ2v) is 18.2. The molecule has 1 radical (unpaired) electrons. The van der Waals surface area contributed by atoms with Gasteiger partial charge < -0.3 is 18.2 Å². The first kappa shape index (κ1) is 46.7. The molecule has 0 amide bonds. The molecule has 5 aliphatic heterocycles.